The van der Waals surface area contributed by atoms with Crippen molar-refractivity contribution in [3.63, 3.8) is 0 Å². The van der Waals surface area contributed by atoms with Crippen LogP contribution in [0.25, 0.3) is 11.1 Å². The lowest BCUT2D eigenvalue weighted by Crippen LogP contribution is -2.06. The van der Waals surface area contributed by atoms with Crippen LogP contribution in [0.5, 0.6) is 17.2 Å². The van der Waals surface area contributed by atoms with E-state index < -0.39 is 0 Å². The summed E-state index contributed by atoms with van der Waals surface area (Å²) >= 11 is 0. The number of ether oxygens (including phenoxy) is 3. The number of methoxy groups -OCH3 is 2. The van der Waals surface area contributed by atoms with Crippen molar-refractivity contribution in [2.45, 2.75) is 6.61 Å². The van der Waals surface area contributed by atoms with Gasteiger partial charge in [-0.15, -0.1) is 0 Å². The van der Waals surface area contributed by atoms with Crippen molar-refractivity contribution in [2.24, 2.45) is 0 Å². The first-order valence-electron chi connectivity index (χ1n) is 5.80. The van der Waals surface area contributed by atoms with Gasteiger partial charge < -0.3 is 14.2 Å². The van der Waals surface area contributed by atoms with Crippen LogP contribution in [0.3, 0.4) is 0 Å². The van der Waals surface area contributed by atoms with Crippen molar-refractivity contribution in [3.8, 4) is 28.4 Å². The molecule has 0 saturated heterocycles. The van der Waals surface area contributed by atoms with Gasteiger partial charge in [-0.2, -0.15) is 0 Å². The molecule has 0 bridgehead atoms. The largest absolute Gasteiger partial charge is 0.496 e. The van der Waals surface area contributed by atoms with E-state index in [1.54, 1.807) is 14.2 Å². The average Bonchev–Trinajstić information content (AvgIpc) is 2.45. The molecule has 1 aliphatic heterocycles. The van der Waals surface area contributed by atoms with E-state index in [1.165, 1.54) is 11.1 Å². The van der Waals surface area contributed by atoms with E-state index in [4.69, 9.17) is 14.2 Å². The molecule has 0 N–H and O–H groups in total. The molecule has 0 unspecified atom stereocenters. The van der Waals surface area contributed by atoms with E-state index in [1.807, 2.05) is 24.3 Å². The van der Waals surface area contributed by atoms with Crippen LogP contribution >= 0.6 is 0 Å². The first-order valence-corrected chi connectivity index (χ1v) is 5.80. The molecule has 0 radical (unpaired) electrons. The lowest BCUT2D eigenvalue weighted by Gasteiger charge is -2.23. The van der Waals surface area contributed by atoms with Crippen LogP contribution in [0, 0.1) is 0 Å². The zero-order valence-corrected chi connectivity index (χ0v) is 10.4. The van der Waals surface area contributed by atoms with Crippen molar-refractivity contribution in [3.05, 3.63) is 42.0 Å². The van der Waals surface area contributed by atoms with E-state index in [2.05, 4.69) is 12.1 Å². The molecule has 0 aliphatic carbocycles. The minimum absolute atomic E-state index is 0.583. The number of fused-ring (bicyclic) bond motifs is 3. The SMILES string of the molecule is COc1cc(OC)c2c(c1)OCc1ccccc1-2. The fraction of sp³-hybridized carbons (Fsp3) is 0.200. The van der Waals surface area contributed by atoms with Gasteiger partial charge in [-0.3, -0.25) is 0 Å². The summed E-state index contributed by atoms with van der Waals surface area (Å²) in [6.45, 7) is 0.583. The summed E-state index contributed by atoms with van der Waals surface area (Å²) < 4.78 is 16.5. The predicted octanol–water partition coefficient (Wildman–Crippen LogP) is 3.26. The quantitative estimate of drug-likeness (QED) is 0.809. The highest BCUT2D eigenvalue weighted by molar-refractivity contribution is 5.81. The molecule has 92 valence electrons. The Hall–Kier alpha value is -2.16. The summed E-state index contributed by atoms with van der Waals surface area (Å²) in [5.74, 6) is 2.33. The minimum Gasteiger partial charge on any atom is -0.496 e. The molecule has 0 atom stereocenters. The zero-order chi connectivity index (χ0) is 12.5. The Balaban J connectivity index is 2.26. The van der Waals surface area contributed by atoms with Crippen molar-refractivity contribution in [1.82, 2.24) is 0 Å². The second kappa shape index (κ2) is 4.26. The molecule has 0 saturated carbocycles. The monoisotopic (exact) mass is 242 g/mol. The predicted molar refractivity (Wildman–Crippen MR) is 69.3 cm³/mol. The Labute approximate surface area is 106 Å². The van der Waals surface area contributed by atoms with Crippen LogP contribution in [0.1, 0.15) is 5.56 Å². The maximum Gasteiger partial charge on any atom is 0.135 e. The molecule has 18 heavy (non-hydrogen) atoms. The van der Waals surface area contributed by atoms with Gasteiger partial charge in [-0.05, 0) is 11.1 Å². The van der Waals surface area contributed by atoms with Gasteiger partial charge in [0, 0.05) is 12.1 Å². The molecule has 1 aliphatic rings. The summed E-state index contributed by atoms with van der Waals surface area (Å²) in [5, 5.41) is 0. The second-order valence-electron chi connectivity index (χ2n) is 4.15. The highest BCUT2D eigenvalue weighted by Gasteiger charge is 2.22. The molecule has 0 aromatic heterocycles. The van der Waals surface area contributed by atoms with Crippen molar-refractivity contribution in [2.75, 3.05) is 14.2 Å². The highest BCUT2D eigenvalue weighted by Crippen LogP contribution is 2.45. The standard InChI is InChI=1S/C15H14O3/c1-16-11-7-13(17-2)15-12-6-4-3-5-10(12)9-18-14(15)8-11/h3-8H,9H2,1-2H3. The van der Waals surface area contributed by atoms with E-state index in [9.17, 15) is 0 Å². The van der Waals surface area contributed by atoms with E-state index >= 15 is 0 Å². The fourth-order valence-electron chi connectivity index (χ4n) is 2.27. The Morgan fingerprint density at radius 1 is 1.06 bits per heavy atom. The normalized spacial score (nSPS) is 12.1. The number of benzene rings is 2. The molecule has 2 aromatic carbocycles. The smallest absolute Gasteiger partial charge is 0.135 e. The second-order valence-corrected chi connectivity index (χ2v) is 4.15. The summed E-state index contributed by atoms with van der Waals surface area (Å²) in [5.41, 5.74) is 3.34. The molecule has 3 heteroatoms. The van der Waals surface area contributed by atoms with Crippen LogP contribution in [0.15, 0.2) is 36.4 Å². The van der Waals surface area contributed by atoms with E-state index in [-0.39, 0.29) is 0 Å². The molecule has 0 spiro atoms. The van der Waals surface area contributed by atoms with Gasteiger partial charge in [0.15, 0.2) is 0 Å². The third-order valence-electron chi connectivity index (χ3n) is 3.16. The van der Waals surface area contributed by atoms with Gasteiger partial charge in [0.1, 0.15) is 23.9 Å². The number of rotatable bonds is 2. The molecule has 3 rings (SSSR count). The molecular weight excluding hydrogens is 228 g/mol. The summed E-state index contributed by atoms with van der Waals surface area (Å²) in [4.78, 5) is 0. The van der Waals surface area contributed by atoms with Crippen LogP contribution in [-0.2, 0) is 6.61 Å². The first kappa shape index (κ1) is 11.0. The summed E-state index contributed by atoms with van der Waals surface area (Å²) in [7, 11) is 3.30. The Kier molecular flexibility index (Phi) is 2.59. The van der Waals surface area contributed by atoms with Gasteiger partial charge in [-0.25, -0.2) is 0 Å². The van der Waals surface area contributed by atoms with Crippen molar-refractivity contribution >= 4 is 0 Å². The van der Waals surface area contributed by atoms with E-state index in [0.29, 0.717) is 6.61 Å². The minimum atomic E-state index is 0.583. The number of hydrogen-bond acceptors (Lipinski definition) is 3. The Morgan fingerprint density at radius 2 is 1.89 bits per heavy atom. The van der Waals surface area contributed by atoms with Crippen molar-refractivity contribution < 1.29 is 14.2 Å². The fourth-order valence-corrected chi connectivity index (χ4v) is 2.27. The molecule has 1 heterocycles. The van der Waals surface area contributed by atoms with Crippen LogP contribution in [-0.4, -0.2) is 14.2 Å². The molecule has 0 amide bonds. The third kappa shape index (κ3) is 1.59. The maximum absolute atomic E-state index is 5.77. The topological polar surface area (TPSA) is 27.7 Å². The molecular formula is C15H14O3. The van der Waals surface area contributed by atoms with Gasteiger partial charge in [0.25, 0.3) is 0 Å². The Morgan fingerprint density at radius 3 is 2.67 bits per heavy atom. The molecule has 3 nitrogen and oxygen atoms in total. The van der Waals surface area contributed by atoms with Crippen LogP contribution in [0.2, 0.25) is 0 Å². The van der Waals surface area contributed by atoms with Crippen LogP contribution in [0.4, 0.5) is 0 Å². The van der Waals surface area contributed by atoms with Gasteiger partial charge in [0.05, 0.1) is 19.8 Å². The number of hydrogen-bond donors (Lipinski definition) is 0. The lowest BCUT2D eigenvalue weighted by atomic mass is 9.96. The highest BCUT2D eigenvalue weighted by atomic mass is 16.5. The van der Waals surface area contributed by atoms with E-state index in [0.717, 1.165) is 22.8 Å². The lowest BCUT2D eigenvalue weighted by molar-refractivity contribution is 0.296. The average molecular weight is 242 g/mol. The third-order valence-corrected chi connectivity index (χ3v) is 3.16. The first-order chi connectivity index (χ1) is 8.83. The van der Waals surface area contributed by atoms with Crippen molar-refractivity contribution in [1.29, 1.82) is 0 Å². The van der Waals surface area contributed by atoms with Gasteiger partial charge >= 0.3 is 0 Å². The zero-order valence-electron chi connectivity index (χ0n) is 10.4. The molecule has 2 aromatic rings. The summed E-state index contributed by atoms with van der Waals surface area (Å²) in [6.07, 6.45) is 0. The van der Waals surface area contributed by atoms with Crippen LogP contribution < -0.4 is 14.2 Å². The maximum atomic E-state index is 5.77. The molecule has 0 fully saturated rings. The summed E-state index contributed by atoms with van der Waals surface area (Å²) in [6, 6.07) is 12.0. The van der Waals surface area contributed by atoms with Gasteiger partial charge in [-0.1, -0.05) is 24.3 Å². The Bertz CT molecular complexity index is 573. The van der Waals surface area contributed by atoms with Gasteiger partial charge in [0.2, 0.25) is 0 Å².